The molecule has 1 N–H and O–H groups in total. The molecule has 3 rings (SSSR count). The molecule has 0 aliphatic heterocycles. The van der Waals surface area contributed by atoms with Gasteiger partial charge in [-0.05, 0) is 70.0 Å². The summed E-state index contributed by atoms with van der Waals surface area (Å²) in [6, 6.07) is 13.2. The fourth-order valence-electron chi connectivity index (χ4n) is 3.62. The Morgan fingerprint density at radius 3 is 2.08 bits per heavy atom. The van der Waals surface area contributed by atoms with E-state index in [0.29, 0.717) is 5.56 Å². The maximum Gasteiger partial charge on any atom is 0.255 e. The van der Waals surface area contributed by atoms with Crippen LogP contribution in [0, 0.1) is 6.92 Å². The van der Waals surface area contributed by atoms with Gasteiger partial charge in [-0.25, -0.2) is 0 Å². The Morgan fingerprint density at radius 1 is 0.875 bits per heavy atom. The van der Waals surface area contributed by atoms with Crippen molar-refractivity contribution in [3.63, 3.8) is 0 Å². The van der Waals surface area contributed by atoms with Gasteiger partial charge < -0.3 is 5.32 Å². The molecule has 124 valence electrons. The summed E-state index contributed by atoms with van der Waals surface area (Å²) in [5.74, 6) is 0.0725. The molecule has 1 aliphatic rings. The highest BCUT2D eigenvalue weighted by atomic mass is 16.1. The van der Waals surface area contributed by atoms with Crippen LogP contribution in [0.4, 0.5) is 5.69 Å². The molecule has 0 fully saturated rings. The summed E-state index contributed by atoms with van der Waals surface area (Å²) < 4.78 is 0. The highest BCUT2D eigenvalue weighted by molar-refractivity contribution is 6.06. The van der Waals surface area contributed by atoms with Crippen LogP contribution in [0.3, 0.4) is 0 Å². The number of hydrogen-bond acceptors (Lipinski definition) is 2. The van der Waals surface area contributed by atoms with Gasteiger partial charge in [0, 0.05) is 22.1 Å². The van der Waals surface area contributed by atoms with Gasteiger partial charge in [0.15, 0.2) is 5.78 Å². The Bertz CT molecular complexity index is 829. The number of carbonyl (C=O) groups excluding carboxylic acids is 2. The van der Waals surface area contributed by atoms with E-state index in [2.05, 4.69) is 5.32 Å². The van der Waals surface area contributed by atoms with Crippen LogP contribution in [0.25, 0.3) is 0 Å². The number of fused-ring (bicyclic) bond motifs is 1. The highest BCUT2D eigenvalue weighted by Gasteiger charge is 2.50. The molecular weight excluding hydrogens is 298 g/mol. The van der Waals surface area contributed by atoms with E-state index < -0.39 is 10.8 Å². The van der Waals surface area contributed by atoms with E-state index in [1.54, 1.807) is 0 Å². The largest absolute Gasteiger partial charge is 0.322 e. The van der Waals surface area contributed by atoms with Crippen molar-refractivity contribution in [3.05, 3.63) is 64.7 Å². The van der Waals surface area contributed by atoms with Crippen molar-refractivity contribution in [2.24, 2.45) is 0 Å². The molecule has 0 saturated heterocycles. The maximum atomic E-state index is 12.7. The van der Waals surface area contributed by atoms with E-state index in [1.165, 1.54) is 0 Å². The van der Waals surface area contributed by atoms with Gasteiger partial charge in [0.25, 0.3) is 5.91 Å². The Labute approximate surface area is 143 Å². The molecule has 0 radical (unpaired) electrons. The van der Waals surface area contributed by atoms with Crippen LogP contribution in [0.1, 0.15) is 54.7 Å². The van der Waals surface area contributed by atoms with Crippen LogP contribution < -0.4 is 5.32 Å². The number of nitrogens with one attached hydrogen (secondary N) is 1. The van der Waals surface area contributed by atoms with E-state index in [4.69, 9.17) is 0 Å². The molecule has 0 aromatic heterocycles. The zero-order chi connectivity index (χ0) is 17.7. The molecule has 2 aromatic carbocycles. The zero-order valence-electron chi connectivity index (χ0n) is 14.9. The molecule has 2 aromatic rings. The second-order valence-electron chi connectivity index (χ2n) is 7.66. The van der Waals surface area contributed by atoms with E-state index in [0.717, 1.165) is 22.4 Å². The van der Waals surface area contributed by atoms with Gasteiger partial charge in [0.1, 0.15) is 0 Å². The first-order chi connectivity index (χ1) is 11.1. The second-order valence-corrected chi connectivity index (χ2v) is 7.66. The monoisotopic (exact) mass is 321 g/mol. The van der Waals surface area contributed by atoms with Crippen molar-refractivity contribution in [3.8, 4) is 0 Å². The summed E-state index contributed by atoms with van der Waals surface area (Å²) in [5, 5.41) is 2.94. The third-order valence-electron chi connectivity index (χ3n) is 5.07. The van der Waals surface area contributed by atoms with Gasteiger partial charge in [-0.3, -0.25) is 9.59 Å². The molecule has 1 amide bonds. The molecule has 24 heavy (non-hydrogen) atoms. The minimum atomic E-state index is -0.538. The maximum absolute atomic E-state index is 12.7. The van der Waals surface area contributed by atoms with E-state index in [1.807, 2.05) is 77.1 Å². The van der Waals surface area contributed by atoms with Gasteiger partial charge in [-0.1, -0.05) is 23.8 Å². The van der Waals surface area contributed by atoms with Crippen LogP contribution >= 0.6 is 0 Å². The van der Waals surface area contributed by atoms with Crippen molar-refractivity contribution in [2.75, 3.05) is 5.32 Å². The highest BCUT2D eigenvalue weighted by Crippen LogP contribution is 2.47. The van der Waals surface area contributed by atoms with Crippen LogP contribution in [-0.4, -0.2) is 11.7 Å². The fourth-order valence-corrected chi connectivity index (χ4v) is 3.62. The summed E-state index contributed by atoms with van der Waals surface area (Å²) >= 11 is 0. The van der Waals surface area contributed by atoms with E-state index in [-0.39, 0.29) is 11.7 Å². The predicted octanol–water partition coefficient (Wildman–Crippen LogP) is 4.39. The number of carbonyl (C=O) groups is 2. The number of aryl methyl sites for hydroxylation is 1. The molecule has 0 saturated carbocycles. The number of hydrogen-bond donors (Lipinski definition) is 1. The van der Waals surface area contributed by atoms with Gasteiger partial charge in [0.05, 0.1) is 0 Å². The summed E-state index contributed by atoms with van der Waals surface area (Å²) in [6.07, 6.45) is 0. The second kappa shape index (κ2) is 5.30. The molecule has 0 unspecified atom stereocenters. The number of rotatable bonds is 2. The van der Waals surface area contributed by atoms with Crippen molar-refractivity contribution < 1.29 is 9.59 Å². The number of Topliss-reactive ketones (excluding diaryl/α,β-unsaturated/α-hetero) is 1. The Hall–Kier alpha value is -2.42. The summed E-state index contributed by atoms with van der Waals surface area (Å²) in [5.41, 5.74) is 3.48. The lowest BCUT2D eigenvalue weighted by Gasteiger charge is -2.21. The lowest BCUT2D eigenvalue weighted by Crippen LogP contribution is -2.33. The summed E-state index contributed by atoms with van der Waals surface area (Å²) in [4.78, 5) is 25.1. The number of anilines is 1. The van der Waals surface area contributed by atoms with Crippen LogP contribution in [0.5, 0.6) is 0 Å². The first-order valence-electron chi connectivity index (χ1n) is 8.22. The predicted molar refractivity (Wildman–Crippen MR) is 96.6 cm³/mol. The SMILES string of the molecule is Cc1ccc(C(=O)Nc2ccc3c(c2)C(C)(C)C(=O)C3(C)C)cc1. The first kappa shape index (κ1) is 16.4. The van der Waals surface area contributed by atoms with Crippen molar-refractivity contribution in [2.45, 2.75) is 45.4 Å². The minimum absolute atomic E-state index is 0.142. The summed E-state index contributed by atoms with van der Waals surface area (Å²) in [6.45, 7) is 9.83. The lowest BCUT2D eigenvalue weighted by atomic mass is 9.80. The van der Waals surface area contributed by atoms with Gasteiger partial charge >= 0.3 is 0 Å². The molecule has 0 bridgehead atoms. The third-order valence-corrected chi connectivity index (χ3v) is 5.07. The lowest BCUT2D eigenvalue weighted by molar-refractivity contribution is -0.126. The average molecular weight is 321 g/mol. The molecule has 1 aliphatic carbocycles. The quantitative estimate of drug-likeness (QED) is 0.892. The van der Waals surface area contributed by atoms with Crippen molar-refractivity contribution in [1.82, 2.24) is 0 Å². The molecule has 0 spiro atoms. The normalized spacial score (nSPS) is 17.5. The number of benzene rings is 2. The van der Waals surface area contributed by atoms with E-state index >= 15 is 0 Å². The van der Waals surface area contributed by atoms with Crippen LogP contribution in [0.2, 0.25) is 0 Å². The van der Waals surface area contributed by atoms with Gasteiger partial charge in [-0.15, -0.1) is 0 Å². The molecule has 0 atom stereocenters. The third kappa shape index (κ3) is 2.44. The van der Waals surface area contributed by atoms with Crippen molar-refractivity contribution in [1.29, 1.82) is 0 Å². The Kier molecular flexibility index (Phi) is 3.63. The number of ketones is 1. The molecule has 0 heterocycles. The minimum Gasteiger partial charge on any atom is -0.322 e. The van der Waals surface area contributed by atoms with Gasteiger partial charge in [0.2, 0.25) is 0 Å². The Balaban J connectivity index is 1.93. The number of amides is 1. The first-order valence-corrected chi connectivity index (χ1v) is 8.22. The van der Waals surface area contributed by atoms with Crippen LogP contribution in [-0.2, 0) is 15.6 Å². The standard InChI is InChI=1S/C21H23NO2/c1-13-6-8-14(9-7-13)18(23)22-15-10-11-16-17(12-15)21(4,5)19(24)20(16,2)3/h6-12H,1-5H3,(H,22,23). The zero-order valence-corrected chi connectivity index (χ0v) is 14.9. The molecular formula is C21H23NO2. The van der Waals surface area contributed by atoms with E-state index in [9.17, 15) is 9.59 Å². The molecule has 3 heteroatoms. The van der Waals surface area contributed by atoms with Crippen LogP contribution in [0.15, 0.2) is 42.5 Å². The smallest absolute Gasteiger partial charge is 0.255 e. The van der Waals surface area contributed by atoms with Crippen molar-refractivity contribution >= 4 is 17.4 Å². The average Bonchev–Trinajstić information content (AvgIpc) is 2.66. The fraction of sp³-hybridized carbons (Fsp3) is 0.333. The Morgan fingerprint density at radius 2 is 1.46 bits per heavy atom. The summed E-state index contributed by atoms with van der Waals surface area (Å²) in [7, 11) is 0. The topological polar surface area (TPSA) is 46.2 Å². The molecule has 3 nitrogen and oxygen atoms in total. The van der Waals surface area contributed by atoms with Gasteiger partial charge in [-0.2, -0.15) is 0 Å².